The third-order valence-corrected chi connectivity index (χ3v) is 17.8. The highest BCUT2D eigenvalue weighted by Crippen LogP contribution is 2.20. The molecule has 3 N–H and O–H groups in total. The van der Waals surface area contributed by atoms with Crippen LogP contribution in [0.3, 0.4) is 0 Å². The predicted molar refractivity (Wildman–Crippen MR) is 357 cm³/mol. The fourth-order valence-electron chi connectivity index (χ4n) is 12.1. The number of allylic oxidation sites excluding steroid dienone is 2. The Hall–Kier alpha value is -1.40. The van der Waals surface area contributed by atoms with E-state index in [9.17, 15) is 19.8 Å². The van der Waals surface area contributed by atoms with Gasteiger partial charge < -0.3 is 20.3 Å². The zero-order chi connectivity index (χ0) is 58.5. The molecule has 0 heterocycles. The van der Waals surface area contributed by atoms with E-state index in [0.717, 1.165) is 38.5 Å². The van der Waals surface area contributed by atoms with Crippen LogP contribution in [-0.2, 0) is 14.3 Å². The smallest absolute Gasteiger partial charge is 0.305 e. The Balaban J connectivity index is 3.35. The molecular formula is C75H147NO5. The van der Waals surface area contributed by atoms with Crippen molar-refractivity contribution in [3.63, 3.8) is 0 Å². The monoisotopic (exact) mass is 1140 g/mol. The summed E-state index contributed by atoms with van der Waals surface area (Å²) in [6.45, 7) is 5.00. The van der Waals surface area contributed by atoms with Crippen LogP contribution in [0, 0.1) is 0 Å². The van der Waals surface area contributed by atoms with Gasteiger partial charge in [0.25, 0.3) is 0 Å². The Morgan fingerprint density at radius 2 is 0.580 bits per heavy atom. The molecule has 6 nitrogen and oxygen atoms in total. The number of hydrogen-bond acceptors (Lipinski definition) is 5. The van der Waals surface area contributed by atoms with Crippen molar-refractivity contribution in [2.45, 2.75) is 443 Å². The van der Waals surface area contributed by atoms with Crippen molar-refractivity contribution >= 4 is 11.9 Å². The molecule has 0 aromatic carbocycles. The van der Waals surface area contributed by atoms with Crippen molar-refractivity contribution in [1.82, 2.24) is 5.32 Å². The maximum Gasteiger partial charge on any atom is 0.305 e. The number of carbonyl (C=O) groups is 2. The molecule has 0 aromatic heterocycles. The maximum absolute atomic E-state index is 12.5. The Labute approximate surface area is 508 Å². The largest absolute Gasteiger partial charge is 0.466 e. The van der Waals surface area contributed by atoms with E-state index in [4.69, 9.17) is 4.74 Å². The van der Waals surface area contributed by atoms with Gasteiger partial charge in [0.05, 0.1) is 25.4 Å². The minimum Gasteiger partial charge on any atom is -0.466 e. The van der Waals surface area contributed by atoms with Crippen molar-refractivity contribution in [2.75, 3.05) is 13.2 Å². The number of rotatable bonds is 71. The van der Waals surface area contributed by atoms with E-state index in [1.54, 1.807) is 0 Å². The first-order valence-electron chi connectivity index (χ1n) is 37.4. The van der Waals surface area contributed by atoms with E-state index in [-0.39, 0.29) is 18.5 Å². The van der Waals surface area contributed by atoms with Crippen molar-refractivity contribution in [2.24, 2.45) is 0 Å². The van der Waals surface area contributed by atoms with Crippen LogP contribution in [0.25, 0.3) is 0 Å². The minimum atomic E-state index is -0.663. The summed E-state index contributed by atoms with van der Waals surface area (Å²) in [5.41, 5.74) is 0. The molecule has 0 rings (SSSR count). The summed E-state index contributed by atoms with van der Waals surface area (Å²) in [6, 6.07) is -0.540. The predicted octanol–water partition coefficient (Wildman–Crippen LogP) is 24.3. The molecule has 0 radical (unpaired) electrons. The first kappa shape index (κ1) is 79.6. The molecule has 2 atom stereocenters. The van der Waals surface area contributed by atoms with E-state index in [0.29, 0.717) is 25.9 Å². The second kappa shape index (κ2) is 71.1. The number of nitrogens with one attached hydrogen (secondary N) is 1. The summed E-state index contributed by atoms with van der Waals surface area (Å²) in [6.07, 6.45) is 88.6. The van der Waals surface area contributed by atoms with Crippen LogP contribution in [-0.4, -0.2) is 47.4 Å². The van der Waals surface area contributed by atoms with E-state index in [1.807, 2.05) is 0 Å². The zero-order valence-corrected chi connectivity index (χ0v) is 55.3. The van der Waals surface area contributed by atoms with E-state index in [2.05, 4.69) is 31.3 Å². The average molecular weight is 1140 g/mol. The number of amides is 1. The SMILES string of the molecule is CCCCCCCCCCCCCCCCCCCCCCC(O)C(CO)NC(=O)CCCCCCCCCCCCCCCCCC/C=C\CCCCCCCCCCCCCCOC(=O)CCCCCCCCCCCCCC. The standard InChI is InChI=1S/C75H147NO5/c1-3-5-7-9-11-13-15-17-18-19-20-35-38-41-44-47-51-55-59-63-67-73(78)72(71-77)76-74(79)68-64-60-56-52-48-45-42-39-36-33-31-29-27-25-23-21-22-24-26-28-30-32-34-37-40-43-46-50-54-58-62-66-70-81-75(80)69-65-61-57-53-49-16-14-12-10-8-6-4-2/h24,26,72-73,77-78H,3-23,25,27-71H2,1-2H3,(H,76,79)/b26-24-. The highest BCUT2D eigenvalue weighted by Gasteiger charge is 2.20. The molecule has 0 aliphatic carbocycles. The second-order valence-corrected chi connectivity index (χ2v) is 26.0. The lowest BCUT2D eigenvalue weighted by molar-refractivity contribution is -0.143. The van der Waals surface area contributed by atoms with Crippen molar-refractivity contribution < 1.29 is 24.5 Å². The Morgan fingerprint density at radius 3 is 0.877 bits per heavy atom. The molecule has 1 amide bonds. The Bertz CT molecular complexity index is 1220. The molecule has 2 unspecified atom stereocenters. The van der Waals surface area contributed by atoms with Crippen LogP contribution in [0.1, 0.15) is 431 Å². The van der Waals surface area contributed by atoms with Gasteiger partial charge in [-0.15, -0.1) is 0 Å². The molecular weight excluding hydrogens is 995 g/mol. The van der Waals surface area contributed by atoms with E-state index >= 15 is 0 Å². The number of carbonyl (C=O) groups excluding carboxylic acids is 2. The fourth-order valence-corrected chi connectivity index (χ4v) is 12.1. The van der Waals surface area contributed by atoms with Crippen LogP contribution in [0.5, 0.6) is 0 Å². The summed E-state index contributed by atoms with van der Waals surface area (Å²) in [4.78, 5) is 24.6. The van der Waals surface area contributed by atoms with Gasteiger partial charge in [0.1, 0.15) is 0 Å². The van der Waals surface area contributed by atoms with Gasteiger partial charge in [-0.2, -0.15) is 0 Å². The third-order valence-electron chi connectivity index (χ3n) is 17.8. The summed E-state index contributed by atoms with van der Waals surface area (Å²) >= 11 is 0. The minimum absolute atomic E-state index is 0.0199. The molecule has 482 valence electrons. The van der Waals surface area contributed by atoms with Crippen LogP contribution in [0.2, 0.25) is 0 Å². The lowest BCUT2D eigenvalue weighted by Crippen LogP contribution is -2.45. The molecule has 0 bridgehead atoms. The number of unbranched alkanes of at least 4 members (excludes halogenated alkanes) is 58. The number of esters is 1. The number of hydrogen-bond donors (Lipinski definition) is 3. The second-order valence-electron chi connectivity index (χ2n) is 26.0. The van der Waals surface area contributed by atoms with Gasteiger partial charge in [-0.3, -0.25) is 9.59 Å². The lowest BCUT2D eigenvalue weighted by Gasteiger charge is -2.22. The summed E-state index contributed by atoms with van der Waals surface area (Å²) in [5.74, 6) is -0.00728. The van der Waals surface area contributed by atoms with Gasteiger partial charge in [-0.25, -0.2) is 0 Å². The average Bonchev–Trinajstić information content (AvgIpc) is 3.47. The molecule has 0 aliphatic rings. The van der Waals surface area contributed by atoms with Crippen LogP contribution in [0.4, 0.5) is 0 Å². The van der Waals surface area contributed by atoms with E-state index in [1.165, 1.54) is 360 Å². The highest BCUT2D eigenvalue weighted by atomic mass is 16.5. The molecule has 6 heteroatoms. The summed E-state index contributed by atoms with van der Waals surface area (Å²) < 4.78 is 5.48. The molecule has 0 aromatic rings. The van der Waals surface area contributed by atoms with Crippen molar-refractivity contribution in [3.05, 3.63) is 12.2 Å². The summed E-state index contributed by atoms with van der Waals surface area (Å²) in [7, 11) is 0. The Kier molecular flexibility index (Phi) is 69.9. The lowest BCUT2D eigenvalue weighted by atomic mass is 10.0. The van der Waals surface area contributed by atoms with Gasteiger partial charge in [-0.05, 0) is 51.4 Å². The fraction of sp³-hybridized carbons (Fsp3) is 0.947. The molecule has 0 saturated carbocycles. The number of aliphatic hydroxyl groups is 2. The van der Waals surface area contributed by atoms with Gasteiger partial charge in [0.15, 0.2) is 0 Å². The first-order valence-corrected chi connectivity index (χ1v) is 37.4. The van der Waals surface area contributed by atoms with Gasteiger partial charge in [-0.1, -0.05) is 379 Å². The Morgan fingerprint density at radius 1 is 0.333 bits per heavy atom. The van der Waals surface area contributed by atoms with Gasteiger partial charge in [0, 0.05) is 12.8 Å². The van der Waals surface area contributed by atoms with Crippen LogP contribution >= 0.6 is 0 Å². The van der Waals surface area contributed by atoms with Gasteiger partial charge in [0.2, 0.25) is 5.91 Å². The molecule has 0 saturated heterocycles. The van der Waals surface area contributed by atoms with E-state index < -0.39 is 12.1 Å². The number of ether oxygens (including phenoxy) is 1. The summed E-state index contributed by atoms with van der Waals surface area (Å²) in [5, 5.41) is 23.4. The number of aliphatic hydroxyl groups excluding tert-OH is 2. The van der Waals surface area contributed by atoms with Crippen molar-refractivity contribution in [3.8, 4) is 0 Å². The highest BCUT2D eigenvalue weighted by molar-refractivity contribution is 5.76. The van der Waals surface area contributed by atoms with Crippen molar-refractivity contribution in [1.29, 1.82) is 0 Å². The zero-order valence-electron chi connectivity index (χ0n) is 55.3. The molecule has 0 aliphatic heterocycles. The van der Waals surface area contributed by atoms with Gasteiger partial charge >= 0.3 is 5.97 Å². The first-order chi connectivity index (χ1) is 40.0. The maximum atomic E-state index is 12.5. The molecule has 0 spiro atoms. The third kappa shape index (κ3) is 67.6. The topological polar surface area (TPSA) is 95.9 Å². The molecule has 0 fully saturated rings. The normalized spacial score (nSPS) is 12.5. The van der Waals surface area contributed by atoms with Crippen LogP contribution < -0.4 is 5.32 Å². The van der Waals surface area contributed by atoms with Crippen LogP contribution in [0.15, 0.2) is 12.2 Å². The molecule has 81 heavy (non-hydrogen) atoms. The quantitative estimate of drug-likeness (QED) is 0.0320.